The highest BCUT2D eigenvalue weighted by molar-refractivity contribution is 6.30. The van der Waals surface area contributed by atoms with Gasteiger partial charge in [0, 0.05) is 31.2 Å². The van der Waals surface area contributed by atoms with E-state index in [4.69, 9.17) is 26.8 Å². The van der Waals surface area contributed by atoms with Crippen LogP contribution < -0.4 is 10.5 Å². The Morgan fingerprint density at radius 2 is 2.10 bits per heavy atom. The fourth-order valence-electron chi connectivity index (χ4n) is 3.38. The van der Waals surface area contributed by atoms with Crippen molar-refractivity contribution in [3.05, 3.63) is 47.2 Å². The third-order valence-electron chi connectivity index (χ3n) is 4.80. The van der Waals surface area contributed by atoms with Crippen molar-refractivity contribution in [2.45, 2.75) is 24.9 Å². The van der Waals surface area contributed by atoms with E-state index < -0.39 is 11.5 Å². The Bertz CT molecular complexity index is 854. The standard InChI is InChI=1S/C20H25ClN4O4/c1-24-12-15(11-23-24)2-7-19(27)25-8-9-29-20(13-25,10-18(22)26)14-28-17-5-3-16(21)4-6-17/h3-6,11-12H,2,7-10,13-14H2,1H3,(H2,22,26). The van der Waals surface area contributed by atoms with E-state index in [0.717, 1.165) is 5.56 Å². The molecular weight excluding hydrogens is 396 g/mol. The number of hydrogen-bond donors (Lipinski definition) is 1. The molecule has 9 heteroatoms. The highest BCUT2D eigenvalue weighted by Gasteiger charge is 2.40. The molecule has 0 saturated carbocycles. The van der Waals surface area contributed by atoms with Crippen molar-refractivity contribution in [1.29, 1.82) is 0 Å². The number of primary amides is 1. The lowest BCUT2D eigenvalue weighted by molar-refractivity contribution is -0.161. The van der Waals surface area contributed by atoms with E-state index in [-0.39, 0.29) is 25.5 Å². The summed E-state index contributed by atoms with van der Waals surface area (Å²) in [6.45, 7) is 1.13. The minimum Gasteiger partial charge on any atom is -0.490 e. The number of ether oxygens (including phenoxy) is 2. The van der Waals surface area contributed by atoms with Crippen LogP contribution in [0.4, 0.5) is 0 Å². The summed E-state index contributed by atoms with van der Waals surface area (Å²) in [6.07, 6.45) is 4.57. The Hall–Kier alpha value is -2.58. The molecule has 2 amide bonds. The Morgan fingerprint density at radius 1 is 1.34 bits per heavy atom. The Kier molecular flexibility index (Phi) is 6.76. The van der Waals surface area contributed by atoms with Gasteiger partial charge in [-0.05, 0) is 36.2 Å². The second-order valence-corrected chi connectivity index (χ2v) is 7.69. The monoisotopic (exact) mass is 420 g/mol. The predicted molar refractivity (Wildman–Crippen MR) is 108 cm³/mol. The molecule has 1 aromatic heterocycles. The van der Waals surface area contributed by atoms with E-state index in [0.29, 0.717) is 36.8 Å². The highest BCUT2D eigenvalue weighted by atomic mass is 35.5. The lowest BCUT2D eigenvalue weighted by atomic mass is 9.97. The van der Waals surface area contributed by atoms with Gasteiger partial charge in [0.2, 0.25) is 11.8 Å². The maximum atomic E-state index is 12.7. The van der Waals surface area contributed by atoms with Crippen molar-refractivity contribution in [2.75, 3.05) is 26.3 Å². The van der Waals surface area contributed by atoms with Crippen LogP contribution in [0.2, 0.25) is 5.02 Å². The molecular formula is C20H25ClN4O4. The molecule has 1 saturated heterocycles. The Morgan fingerprint density at radius 3 is 2.76 bits per heavy atom. The molecule has 2 N–H and O–H groups in total. The molecule has 0 bridgehead atoms. The quantitative estimate of drug-likeness (QED) is 0.698. The summed E-state index contributed by atoms with van der Waals surface area (Å²) >= 11 is 5.90. The lowest BCUT2D eigenvalue weighted by Gasteiger charge is -2.42. The van der Waals surface area contributed by atoms with Gasteiger partial charge in [0.25, 0.3) is 0 Å². The zero-order valence-electron chi connectivity index (χ0n) is 16.3. The third-order valence-corrected chi connectivity index (χ3v) is 5.05. The van der Waals surface area contributed by atoms with Crippen molar-refractivity contribution in [3.8, 4) is 5.75 Å². The van der Waals surface area contributed by atoms with Crippen LogP contribution in [0.1, 0.15) is 18.4 Å². The highest BCUT2D eigenvalue weighted by Crippen LogP contribution is 2.25. The van der Waals surface area contributed by atoms with Crippen molar-refractivity contribution in [3.63, 3.8) is 0 Å². The van der Waals surface area contributed by atoms with Crippen molar-refractivity contribution < 1.29 is 19.1 Å². The van der Waals surface area contributed by atoms with Crippen LogP contribution in [0, 0.1) is 0 Å². The van der Waals surface area contributed by atoms with Crippen molar-refractivity contribution in [2.24, 2.45) is 12.8 Å². The fourth-order valence-corrected chi connectivity index (χ4v) is 3.50. The van der Waals surface area contributed by atoms with E-state index in [9.17, 15) is 9.59 Å². The van der Waals surface area contributed by atoms with E-state index in [2.05, 4.69) is 5.10 Å². The van der Waals surface area contributed by atoms with Gasteiger partial charge in [-0.1, -0.05) is 11.6 Å². The maximum Gasteiger partial charge on any atom is 0.223 e. The second-order valence-electron chi connectivity index (χ2n) is 7.25. The first-order valence-electron chi connectivity index (χ1n) is 9.41. The van der Waals surface area contributed by atoms with Gasteiger partial charge in [0.05, 0.1) is 25.8 Å². The molecule has 1 aromatic carbocycles. The number of benzene rings is 1. The van der Waals surface area contributed by atoms with E-state index in [1.54, 1.807) is 40.0 Å². The molecule has 1 aliphatic rings. The fraction of sp³-hybridized carbons (Fsp3) is 0.450. The largest absolute Gasteiger partial charge is 0.490 e. The molecule has 3 rings (SSSR count). The topological polar surface area (TPSA) is 99.7 Å². The molecule has 1 unspecified atom stereocenters. The number of amides is 2. The molecule has 1 aliphatic heterocycles. The molecule has 8 nitrogen and oxygen atoms in total. The van der Waals surface area contributed by atoms with Gasteiger partial charge >= 0.3 is 0 Å². The molecule has 1 fully saturated rings. The number of nitrogens with two attached hydrogens (primary N) is 1. The van der Waals surface area contributed by atoms with E-state index in [1.807, 2.05) is 13.2 Å². The van der Waals surface area contributed by atoms with Gasteiger partial charge in [-0.2, -0.15) is 5.10 Å². The number of aryl methyl sites for hydroxylation is 2. The normalized spacial score (nSPS) is 19.2. The molecule has 0 radical (unpaired) electrons. The Labute approximate surface area is 174 Å². The number of halogens is 1. The summed E-state index contributed by atoms with van der Waals surface area (Å²) < 4.78 is 13.4. The van der Waals surface area contributed by atoms with Gasteiger partial charge in [-0.3, -0.25) is 14.3 Å². The number of nitrogens with zero attached hydrogens (tertiary/aromatic N) is 3. The van der Waals surface area contributed by atoms with Crippen LogP contribution in [0.3, 0.4) is 0 Å². The molecule has 2 heterocycles. The van der Waals surface area contributed by atoms with Gasteiger partial charge < -0.3 is 20.1 Å². The van der Waals surface area contributed by atoms with Gasteiger partial charge in [0.1, 0.15) is 18.0 Å². The summed E-state index contributed by atoms with van der Waals surface area (Å²) in [5.74, 6) is 0.0914. The molecule has 156 valence electrons. The van der Waals surface area contributed by atoms with Gasteiger partial charge in [0.15, 0.2) is 0 Å². The predicted octanol–water partition coefficient (Wildman–Crippen LogP) is 1.56. The summed E-state index contributed by atoms with van der Waals surface area (Å²) in [4.78, 5) is 26.1. The number of morpholine rings is 1. The zero-order chi connectivity index (χ0) is 20.9. The molecule has 1 atom stereocenters. The minimum atomic E-state index is -0.978. The maximum absolute atomic E-state index is 12.7. The lowest BCUT2D eigenvalue weighted by Crippen LogP contribution is -2.58. The first-order chi connectivity index (χ1) is 13.8. The van der Waals surface area contributed by atoms with Crippen molar-refractivity contribution in [1.82, 2.24) is 14.7 Å². The van der Waals surface area contributed by atoms with E-state index in [1.165, 1.54) is 0 Å². The first-order valence-corrected chi connectivity index (χ1v) is 9.79. The average Bonchev–Trinajstić information content (AvgIpc) is 3.10. The summed E-state index contributed by atoms with van der Waals surface area (Å²) in [7, 11) is 1.84. The molecule has 0 aliphatic carbocycles. The van der Waals surface area contributed by atoms with Crippen LogP contribution in [-0.2, 0) is 27.8 Å². The number of carbonyl (C=O) groups excluding carboxylic acids is 2. The molecule has 29 heavy (non-hydrogen) atoms. The number of hydrogen-bond acceptors (Lipinski definition) is 5. The van der Waals surface area contributed by atoms with Crippen LogP contribution in [-0.4, -0.2) is 58.4 Å². The SMILES string of the molecule is Cn1cc(CCC(=O)N2CCOC(COc3ccc(Cl)cc3)(CC(N)=O)C2)cn1. The summed E-state index contributed by atoms with van der Waals surface area (Å²) in [5.41, 5.74) is 5.48. The second kappa shape index (κ2) is 9.28. The summed E-state index contributed by atoms with van der Waals surface area (Å²) in [5, 5.41) is 4.72. The van der Waals surface area contributed by atoms with Crippen LogP contribution in [0.15, 0.2) is 36.7 Å². The smallest absolute Gasteiger partial charge is 0.223 e. The van der Waals surface area contributed by atoms with Crippen LogP contribution in [0.25, 0.3) is 0 Å². The minimum absolute atomic E-state index is 0.00232. The van der Waals surface area contributed by atoms with Crippen LogP contribution in [0.5, 0.6) is 5.75 Å². The summed E-state index contributed by atoms with van der Waals surface area (Å²) in [6, 6.07) is 6.90. The average molecular weight is 421 g/mol. The van der Waals surface area contributed by atoms with E-state index >= 15 is 0 Å². The van der Waals surface area contributed by atoms with Gasteiger partial charge in [-0.15, -0.1) is 0 Å². The molecule has 0 spiro atoms. The van der Waals surface area contributed by atoms with Crippen LogP contribution >= 0.6 is 11.6 Å². The first kappa shape index (κ1) is 21.1. The zero-order valence-corrected chi connectivity index (χ0v) is 17.1. The third kappa shape index (κ3) is 5.95. The van der Waals surface area contributed by atoms with Gasteiger partial charge in [-0.25, -0.2) is 0 Å². The number of carbonyl (C=O) groups is 2. The van der Waals surface area contributed by atoms with Crippen molar-refractivity contribution >= 4 is 23.4 Å². The number of aromatic nitrogens is 2. The number of rotatable bonds is 8. The Balaban J connectivity index is 1.63. The molecule has 2 aromatic rings.